The summed E-state index contributed by atoms with van der Waals surface area (Å²) in [6.45, 7) is 5.22. The van der Waals surface area contributed by atoms with Crippen molar-refractivity contribution < 1.29 is 14.6 Å². The van der Waals surface area contributed by atoms with Crippen LogP contribution in [0.2, 0.25) is 0 Å². The van der Waals surface area contributed by atoms with E-state index in [2.05, 4.69) is 19.2 Å². The fraction of sp³-hybridized carbons (Fsp3) is 0.889. The highest BCUT2D eigenvalue weighted by molar-refractivity contribution is 5.72. The number of aliphatic carboxylic acids is 1. The topological polar surface area (TPSA) is 58.6 Å². The van der Waals surface area contributed by atoms with Crippen LogP contribution in [-0.4, -0.2) is 36.4 Å². The fourth-order valence-corrected chi connectivity index (χ4v) is 1.50. The van der Waals surface area contributed by atoms with E-state index in [1.165, 1.54) is 0 Å². The minimum atomic E-state index is -0.879. The van der Waals surface area contributed by atoms with E-state index in [1.807, 2.05) is 0 Å². The second-order valence-electron chi connectivity index (χ2n) is 3.89. The Bertz CT molecular complexity index is 174. The van der Waals surface area contributed by atoms with Gasteiger partial charge in [-0.1, -0.05) is 13.8 Å². The molecule has 1 aliphatic rings. The SMILES string of the molecule is CC(C)CC1COC(C(=O)O)CN1. The van der Waals surface area contributed by atoms with E-state index in [1.54, 1.807) is 0 Å². The molecule has 0 aliphatic carbocycles. The van der Waals surface area contributed by atoms with Gasteiger partial charge in [0, 0.05) is 12.6 Å². The van der Waals surface area contributed by atoms with Crippen LogP contribution in [0.5, 0.6) is 0 Å². The van der Waals surface area contributed by atoms with Crippen LogP contribution in [-0.2, 0) is 9.53 Å². The van der Waals surface area contributed by atoms with E-state index < -0.39 is 12.1 Å². The molecular weight excluding hydrogens is 170 g/mol. The van der Waals surface area contributed by atoms with Crippen LogP contribution in [0.3, 0.4) is 0 Å². The minimum absolute atomic E-state index is 0.315. The quantitative estimate of drug-likeness (QED) is 0.674. The number of ether oxygens (including phenoxy) is 1. The largest absolute Gasteiger partial charge is 0.479 e. The number of morpholine rings is 1. The maximum absolute atomic E-state index is 10.5. The van der Waals surface area contributed by atoms with Gasteiger partial charge in [0.25, 0.3) is 0 Å². The van der Waals surface area contributed by atoms with Crippen molar-refractivity contribution >= 4 is 5.97 Å². The summed E-state index contributed by atoms with van der Waals surface area (Å²) in [6.07, 6.45) is 0.371. The van der Waals surface area contributed by atoms with Crippen molar-refractivity contribution in [1.29, 1.82) is 0 Å². The molecule has 1 saturated heterocycles. The van der Waals surface area contributed by atoms with Gasteiger partial charge in [-0.3, -0.25) is 0 Å². The molecule has 4 heteroatoms. The number of nitrogens with one attached hydrogen (secondary N) is 1. The number of hydrogen-bond donors (Lipinski definition) is 2. The van der Waals surface area contributed by atoms with Crippen LogP contribution in [0, 0.1) is 5.92 Å². The Morgan fingerprint density at radius 1 is 1.69 bits per heavy atom. The number of carboxylic acids is 1. The first kappa shape index (κ1) is 10.5. The maximum atomic E-state index is 10.5. The van der Waals surface area contributed by atoms with Crippen LogP contribution in [0.25, 0.3) is 0 Å². The smallest absolute Gasteiger partial charge is 0.334 e. The summed E-state index contributed by atoms with van der Waals surface area (Å²) in [4.78, 5) is 10.5. The second-order valence-corrected chi connectivity index (χ2v) is 3.89. The molecule has 0 aromatic carbocycles. The minimum Gasteiger partial charge on any atom is -0.479 e. The van der Waals surface area contributed by atoms with Crippen molar-refractivity contribution in [3.8, 4) is 0 Å². The zero-order valence-corrected chi connectivity index (χ0v) is 8.12. The summed E-state index contributed by atoms with van der Waals surface area (Å²) in [6, 6.07) is 0.315. The van der Waals surface area contributed by atoms with E-state index in [0.29, 0.717) is 25.1 Å². The van der Waals surface area contributed by atoms with Crippen LogP contribution in [0.4, 0.5) is 0 Å². The van der Waals surface area contributed by atoms with Crippen molar-refractivity contribution in [3.63, 3.8) is 0 Å². The molecule has 2 atom stereocenters. The standard InChI is InChI=1S/C9H17NO3/c1-6(2)3-7-5-13-8(4-10-7)9(11)12/h6-8,10H,3-5H2,1-2H3,(H,11,12). The zero-order valence-electron chi connectivity index (χ0n) is 8.12. The van der Waals surface area contributed by atoms with Gasteiger partial charge in [0.15, 0.2) is 6.10 Å². The number of carbonyl (C=O) groups is 1. The Hall–Kier alpha value is -0.610. The molecule has 0 spiro atoms. The van der Waals surface area contributed by atoms with E-state index in [-0.39, 0.29) is 0 Å². The molecule has 0 radical (unpaired) electrons. The number of rotatable bonds is 3. The highest BCUT2D eigenvalue weighted by Crippen LogP contribution is 2.09. The molecule has 2 N–H and O–H groups in total. The molecule has 1 heterocycles. The lowest BCUT2D eigenvalue weighted by molar-refractivity contribution is -0.153. The Balaban J connectivity index is 2.26. The van der Waals surface area contributed by atoms with Crippen molar-refractivity contribution in [1.82, 2.24) is 5.32 Å². The van der Waals surface area contributed by atoms with E-state index >= 15 is 0 Å². The van der Waals surface area contributed by atoms with Gasteiger partial charge in [0.2, 0.25) is 0 Å². The Morgan fingerprint density at radius 2 is 2.38 bits per heavy atom. The van der Waals surface area contributed by atoms with Gasteiger partial charge in [-0.25, -0.2) is 4.79 Å². The van der Waals surface area contributed by atoms with E-state index in [0.717, 1.165) is 6.42 Å². The highest BCUT2D eigenvalue weighted by atomic mass is 16.5. The summed E-state index contributed by atoms with van der Waals surface area (Å²) in [5, 5.41) is 11.8. The molecule has 0 aromatic heterocycles. The highest BCUT2D eigenvalue weighted by Gasteiger charge is 2.26. The van der Waals surface area contributed by atoms with Gasteiger partial charge in [-0.05, 0) is 12.3 Å². The molecular formula is C9H17NO3. The first-order chi connectivity index (χ1) is 6.09. The molecule has 2 unspecified atom stereocenters. The molecule has 0 aromatic rings. The van der Waals surface area contributed by atoms with Crippen LogP contribution in [0.1, 0.15) is 20.3 Å². The monoisotopic (exact) mass is 187 g/mol. The average molecular weight is 187 g/mol. The third-order valence-electron chi connectivity index (χ3n) is 2.12. The predicted molar refractivity (Wildman–Crippen MR) is 48.6 cm³/mol. The fourth-order valence-electron chi connectivity index (χ4n) is 1.50. The summed E-state index contributed by atoms with van der Waals surface area (Å²) < 4.78 is 5.19. The third kappa shape index (κ3) is 3.32. The molecule has 0 amide bonds. The van der Waals surface area contributed by atoms with Gasteiger partial charge < -0.3 is 15.2 Å². The Kier molecular flexibility index (Phi) is 3.69. The molecule has 1 rings (SSSR count). The molecule has 0 bridgehead atoms. The van der Waals surface area contributed by atoms with Crippen molar-refractivity contribution in [2.24, 2.45) is 5.92 Å². The summed E-state index contributed by atoms with van der Waals surface area (Å²) in [5.74, 6) is -0.266. The Labute approximate surface area is 78.3 Å². The lowest BCUT2D eigenvalue weighted by Crippen LogP contribution is -2.49. The van der Waals surface area contributed by atoms with Gasteiger partial charge in [-0.2, -0.15) is 0 Å². The Morgan fingerprint density at radius 3 is 2.77 bits per heavy atom. The van der Waals surface area contributed by atoms with Crippen LogP contribution in [0.15, 0.2) is 0 Å². The molecule has 0 saturated carbocycles. The molecule has 4 nitrogen and oxygen atoms in total. The second kappa shape index (κ2) is 4.58. The normalized spacial score (nSPS) is 29.2. The predicted octanol–water partition coefficient (Wildman–Crippen LogP) is 0.474. The van der Waals surface area contributed by atoms with E-state index in [4.69, 9.17) is 9.84 Å². The molecule has 1 aliphatic heterocycles. The first-order valence-electron chi connectivity index (χ1n) is 4.67. The van der Waals surface area contributed by atoms with Crippen molar-refractivity contribution in [3.05, 3.63) is 0 Å². The lowest BCUT2D eigenvalue weighted by atomic mass is 10.0. The third-order valence-corrected chi connectivity index (χ3v) is 2.12. The molecule has 13 heavy (non-hydrogen) atoms. The molecule has 1 fully saturated rings. The van der Waals surface area contributed by atoms with E-state index in [9.17, 15) is 4.79 Å². The van der Waals surface area contributed by atoms with Gasteiger partial charge in [0.1, 0.15) is 0 Å². The van der Waals surface area contributed by atoms with Gasteiger partial charge >= 0.3 is 5.97 Å². The first-order valence-corrected chi connectivity index (χ1v) is 4.67. The van der Waals surface area contributed by atoms with Crippen molar-refractivity contribution in [2.75, 3.05) is 13.2 Å². The number of hydrogen-bond acceptors (Lipinski definition) is 3. The average Bonchev–Trinajstić information content (AvgIpc) is 2.04. The van der Waals surface area contributed by atoms with Crippen molar-refractivity contribution in [2.45, 2.75) is 32.4 Å². The zero-order chi connectivity index (χ0) is 9.84. The van der Waals surface area contributed by atoms with Gasteiger partial charge in [0.05, 0.1) is 6.61 Å². The number of carboxylic acid groups (broad SMARTS) is 1. The summed E-state index contributed by atoms with van der Waals surface area (Å²) in [5.41, 5.74) is 0. The van der Waals surface area contributed by atoms with Crippen LogP contribution >= 0.6 is 0 Å². The van der Waals surface area contributed by atoms with Gasteiger partial charge in [-0.15, -0.1) is 0 Å². The van der Waals surface area contributed by atoms with Crippen LogP contribution < -0.4 is 5.32 Å². The summed E-state index contributed by atoms with van der Waals surface area (Å²) in [7, 11) is 0. The molecule has 76 valence electrons. The maximum Gasteiger partial charge on any atom is 0.334 e. The summed E-state index contributed by atoms with van der Waals surface area (Å²) >= 11 is 0. The lowest BCUT2D eigenvalue weighted by Gasteiger charge is -2.29.